The largest absolute Gasteiger partial charge is 0.478 e. The van der Waals surface area contributed by atoms with Gasteiger partial charge in [0.25, 0.3) is 0 Å². The van der Waals surface area contributed by atoms with Crippen LogP contribution in [0, 0.1) is 0 Å². The monoisotopic (exact) mass is 197 g/mol. The third-order valence-corrected chi connectivity index (χ3v) is 2.63. The lowest BCUT2D eigenvalue weighted by atomic mass is 9.98. The van der Waals surface area contributed by atoms with Crippen LogP contribution in [-0.4, -0.2) is 17.3 Å². The second kappa shape index (κ2) is 2.67. The maximum absolute atomic E-state index is 11.0. The Morgan fingerprint density at radius 3 is 2.67 bits per heavy atom. The summed E-state index contributed by atoms with van der Waals surface area (Å²) in [6, 6.07) is 9.00. The van der Waals surface area contributed by atoms with Crippen molar-refractivity contribution in [3.63, 3.8) is 0 Å². The molecule has 0 aliphatic carbocycles. The van der Waals surface area contributed by atoms with Crippen molar-refractivity contribution in [1.82, 2.24) is 0 Å². The van der Waals surface area contributed by atoms with Crippen molar-refractivity contribution in [2.45, 2.75) is 0 Å². The van der Waals surface area contributed by atoms with Crippen molar-refractivity contribution in [3.8, 4) is 0 Å². The molecular formula is C12H7NO2. The Balaban J connectivity index is 2.44. The Morgan fingerprint density at radius 1 is 1.13 bits per heavy atom. The van der Waals surface area contributed by atoms with Gasteiger partial charge < -0.3 is 5.11 Å². The highest BCUT2D eigenvalue weighted by atomic mass is 16.4. The number of nitrogens with zero attached hydrogens (tertiary/aromatic N) is 1. The minimum atomic E-state index is -0.899. The fraction of sp³-hybridized carbons (Fsp3) is 0. The zero-order chi connectivity index (χ0) is 10.4. The molecule has 0 fully saturated rings. The molecule has 2 aromatic rings. The zero-order valence-electron chi connectivity index (χ0n) is 7.77. The van der Waals surface area contributed by atoms with E-state index in [1.54, 1.807) is 18.3 Å². The highest BCUT2D eigenvalue weighted by Gasteiger charge is 2.15. The van der Waals surface area contributed by atoms with Gasteiger partial charge in [-0.25, -0.2) is 4.79 Å². The van der Waals surface area contributed by atoms with Crippen LogP contribution >= 0.6 is 0 Å². The maximum atomic E-state index is 11.0. The molecule has 0 aromatic heterocycles. The van der Waals surface area contributed by atoms with Gasteiger partial charge in [-0.1, -0.05) is 24.3 Å². The number of hydrogen-bond donors (Lipinski definition) is 1. The van der Waals surface area contributed by atoms with E-state index >= 15 is 0 Å². The lowest BCUT2D eigenvalue weighted by Crippen LogP contribution is -1.99. The first-order valence-electron chi connectivity index (χ1n) is 4.60. The first-order valence-corrected chi connectivity index (χ1v) is 4.60. The van der Waals surface area contributed by atoms with E-state index in [1.165, 1.54) is 0 Å². The molecule has 1 N–H and O–H groups in total. The van der Waals surface area contributed by atoms with E-state index in [9.17, 15) is 4.79 Å². The average Bonchev–Trinajstić information content (AvgIpc) is 2.17. The van der Waals surface area contributed by atoms with E-state index in [2.05, 4.69) is 4.99 Å². The van der Waals surface area contributed by atoms with Crippen LogP contribution < -0.4 is 0 Å². The molecule has 15 heavy (non-hydrogen) atoms. The van der Waals surface area contributed by atoms with Crippen molar-refractivity contribution < 1.29 is 9.90 Å². The molecule has 0 unspecified atom stereocenters. The predicted octanol–water partition coefficient (Wildman–Crippen LogP) is 2.60. The molecule has 72 valence electrons. The van der Waals surface area contributed by atoms with Gasteiger partial charge in [-0.2, -0.15) is 0 Å². The first-order chi connectivity index (χ1) is 7.27. The topological polar surface area (TPSA) is 49.7 Å². The number of hydrogen-bond acceptors (Lipinski definition) is 2. The standard InChI is InChI=1S/C12H7NO2/c14-12(15)10-3-1-2-9-8(10)5-4-7-6-13-11(7)9/h1-6H,(H,14,15). The van der Waals surface area contributed by atoms with Crippen LogP contribution in [0.1, 0.15) is 15.9 Å². The third-order valence-electron chi connectivity index (χ3n) is 2.63. The smallest absolute Gasteiger partial charge is 0.336 e. The Labute approximate surface area is 85.7 Å². The molecular weight excluding hydrogens is 190 g/mol. The first kappa shape index (κ1) is 8.17. The number of aliphatic imine (C=N–C) groups is 1. The van der Waals surface area contributed by atoms with Crippen LogP contribution in [0.15, 0.2) is 35.3 Å². The van der Waals surface area contributed by atoms with Crippen LogP contribution in [0.5, 0.6) is 0 Å². The molecule has 0 radical (unpaired) electrons. The van der Waals surface area contributed by atoms with Gasteiger partial charge >= 0.3 is 5.97 Å². The molecule has 0 amide bonds. The van der Waals surface area contributed by atoms with Crippen molar-refractivity contribution >= 4 is 28.6 Å². The number of rotatable bonds is 1. The maximum Gasteiger partial charge on any atom is 0.336 e. The Kier molecular flexibility index (Phi) is 1.45. The van der Waals surface area contributed by atoms with Crippen molar-refractivity contribution in [3.05, 3.63) is 41.5 Å². The normalized spacial score (nSPS) is 12.3. The summed E-state index contributed by atoms with van der Waals surface area (Å²) in [5.74, 6) is -0.899. The molecule has 0 saturated carbocycles. The number of carboxylic acids is 1. The minimum Gasteiger partial charge on any atom is -0.478 e. The highest BCUT2D eigenvalue weighted by Crippen LogP contribution is 2.35. The van der Waals surface area contributed by atoms with Gasteiger partial charge in [-0.05, 0) is 11.5 Å². The van der Waals surface area contributed by atoms with Gasteiger partial charge in [-0.3, -0.25) is 4.99 Å². The van der Waals surface area contributed by atoms with E-state index in [4.69, 9.17) is 5.11 Å². The molecule has 1 heterocycles. The lowest BCUT2D eigenvalue weighted by Gasteiger charge is -2.13. The Hall–Kier alpha value is -2.16. The Morgan fingerprint density at radius 2 is 2.00 bits per heavy atom. The van der Waals surface area contributed by atoms with Gasteiger partial charge in [0.1, 0.15) is 0 Å². The second-order valence-corrected chi connectivity index (χ2v) is 3.47. The van der Waals surface area contributed by atoms with Gasteiger partial charge in [-0.15, -0.1) is 0 Å². The molecule has 2 aromatic carbocycles. The molecule has 0 saturated heterocycles. The Bertz CT molecular complexity index is 614. The van der Waals surface area contributed by atoms with Crippen LogP contribution in [0.25, 0.3) is 10.8 Å². The second-order valence-electron chi connectivity index (χ2n) is 3.47. The highest BCUT2D eigenvalue weighted by molar-refractivity contribution is 6.13. The van der Waals surface area contributed by atoms with Crippen molar-refractivity contribution in [2.24, 2.45) is 4.99 Å². The SMILES string of the molecule is O=C(O)c1cccc2c3c(ccc12)C=N3. The zero-order valence-corrected chi connectivity index (χ0v) is 7.77. The third kappa shape index (κ3) is 1.00. The van der Waals surface area contributed by atoms with E-state index < -0.39 is 5.97 Å². The molecule has 0 spiro atoms. The minimum absolute atomic E-state index is 0.331. The van der Waals surface area contributed by atoms with E-state index in [0.29, 0.717) is 5.56 Å². The summed E-state index contributed by atoms with van der Waals surface area (Å²) in [7, 11) is 0. The summed E-state index contributed by atoms with van der Waals surface area (Å²) in [5, 5.41) is 10.7. The average molecular weight is 197 g/mol. The summed E-state index contributed by atoms with van der Waals surface area (Å²) >= 11 is 0. The number of aromatic carboxylic acids is 1. The van der Waals surface area contributed by atoms with Crippen molar-refractivity contribution in [2.75, 3.05) is 0 Å². The molecule has 0 bridgehead atoms. The van der Waals surface area contributed by atoms with E-state index in [1.807, 2.05) is 18.2 Å². The van der Waals surface area contributed by atoms with Gasteiger partial charge in [0.15, 0.2) is 0 Å². The molecule has 3 rings (SSSR count). The fourth-order valence-electron chi connectivity index (χ4n) is 1.86. The molecule has 3 heteroatoms. The van der Waals surface area contributed by atoms with Gasteiger partial charge in [0.05, 0.1) is 11.3 Å². The summed E-state index contributed by atoms with van der Waals surface area (Å²) in [5.41, 5.74) is 2.30. The predicted molar refractivity (Wildman–Crippen MR) is 58.2 cm³/mol. The molecule has 3 nitrogen and oxygen atoms in total. The number of fused-ring (bicyclic) bond motifs is 3. The molecule has 1 aliphatic heterocycles. The fourth-order valence-corrected chi connectivity index (χ4v) is 1.86. The lowest BCUT2D eigenvalue weighted by molar-refractivity contribution is 0.0699. The summed E-state index contributed by atoms with van der Waals surface area (Å²) in [6.45, 7) is 0. The van der Waals surface area contributed by atoms with Crippen LogP contribution in [0.3, 0.4) is 0 Å². The summed E-state index contributed by atoms with van der Waals surface area (Å²) in [4.78, 5) is 15.1. The van der Waals surface area contributed by atoms with Crippen molar-refractivity contribution in [1.29, 1.82) is 0 Å². The van der Waals surface area contributed by atoms with Crippen LogP contribution in [-0.2, 0) is 0 Å². The molecule has 0 atom stereocenters. The van der Waals surface area contributed by atoms with E-state index in [0.717, 1.165) is 22.0 Å². The number of carboxylic acid groups (broad SMARTS) is 1. The summed E-state index contributed by atoms with van der Waals surface area (Å²) < 4.78 is 0. The quantitative estimate of drug-likeness (QED) is 0.651. The number of benzene rings is 2. The van der Waals surface area contributed by atoms with Crippen LogP contribution in [0.4, 0.5) is 5.69 Å². The van der Waals surface area contributed by atoms with Gasteiger partial charge in [0, 0.05) is 17.2 Å². The molecule has 1 aliphatic rings. The van der Waals surface area contributed by atoms with Gasteiger partial charge in [0.2, 0.25) is 0 Å². The number of carbonyl (C=O) groups is 1. The summed E-state index contributed by atoms with van der Waals surface area (Å²) in [6.07, 6.45) is 1.78. The van der Waals surface area contributed by atoms with Crippen LogP contribution in [0.2, 0.25) is 0 Å². The van der Waals surface area contributed by atoms with E-state index in [-0.39, 0.29) is 0 Å².